The highest BCUT2D eigenvalue weighted by Crippen LogP contribution is 2.28. The zero-order chi connectivity index (χ0) is 17.9. The maximum atomic E-state index is 13.3. The number of anilines is 1. The summed E-state index contributed by atoms with van der Waals surface area (Å²) in [5.41, 5.74) is 1.05. The summed E-state index contributed by atoms with van der Waals surface area (Å²) >= 11 is 0. The quantitative estimate of drug-likeness (QED) is 0.825. The molecule has 0 spiro atoms. The van der Waals surface area contributed by atoms with E-state index in [2.05, 4.69) is 0 Å². The largest absolute Gasteiger partial charge is 0.493 e. The highest BCUT2D eigenvalue weighted by atomic mass is 32.2. The SMILES string of the molecule is CCOc1ccccc1C(=O)N(c1ccccc1)[C@H]1C=CS(=O)(=O)C1. The van der Waals surface area contributed by atoms with Gasteiger partial charge in [-0.2, -0.15) is 0 Å². The summed E-state index contributed by atoms with van der Waals surface area (Å²) < 4.78 is 29.3. The predicted octanol–water partition coefficient (Wildman–Crippen LogP) is 3.04. The molecule has 1 atom stereocenters. The van der Waals surface area contributed by atoms with Gasteiger partial charge in [0.2, 0.25) is 0 Å². The highest BCUT2D eigenvalue weighted by molar-refractivity contribution is 7.94. The van der Waals surface area contributed by atoms with Gasteiger partial charge >= 0.3 is 0 Å². The number of rotatable bonds is 5. The van der Waals surface area contributed by atoms with E-state index in [4.69, 9.17) is 4.74 Å². The van der Waals surface area contributed by atoms with Crippen LogP contribution in [0.4, 0.5) is 5.69 Å². The second-order valence-corrected chi connectivity index (χ2v) is 7.60. The molecule has 5 nitrogen and oxygen atoms in total. The third kappa shape index (κ3) is 3.74. The molecule has 0 aromatic heterocycles. The lowest BCUT2D eigenvalue weighted by atomic mass is 10.1. The van der Waals surface area contributed by atoms with E-state index in [1.807, 2.05) is 25.1 Å². The van der Waals surface area contributed by atoms with Crippen LogP contribution in [0.15, 0.2) is 66.1 Å². The fraction of sp³-hybridized carbons (Fsp3) is 0.211. The number of hydrogen-bond acceptors (Lipinski definition) is 4. The van der Waals surface area contributed by atoms with Crippen molar-refractivity contribution in [2.75, 3.05) is 17.3 Å². The van der Waals surface area contributed by atoms with Crippen molar-refractivity contribution in [3.8, 4) is 5.75 Å². The summed E-state index contributed by atoms with van der Waals surface area (Å²) in [6.45, 7) is 2.29. The number of ether oxygens (including phenoxy) is 1. The molecule has 1 amide bonds. The van der Waals surface area contributed by atoms with Crippen LogP contribution in [0.5, 0.6) is 5.75 Å². The van der Waals surface area contributed by atoms with Crippen LogP contribution in [0.25, 0.3) is 0 Å². The molecule has 0 saturated heterocycles. The van der Waals surface area contributed by atoms with Gasteiger partial charge in [-0.15, -0.1) is 0 Å². The Morgan fingerprint density at radius 2 is 1.80 bits per heavy atom. The van der Waals surface area contributed by atoms with Crippen molar-refractivity contribution in [2.45, 2.75) is 13.0 Å². The molecule has 0 unspecified atom stereocenters. The second-order valence-electron chi connectivity index (χ2n) is 5.67. The van der Waals surface area contributed by atoms with Gasteiger partial charge in [-0.05, 0) is 37.3 Å². The normalized spacial score (nSPS) is 18.0. The molecule has 0 bridgehead atoms. The van der Waals surface area contributed by atoms with Crippen molar-refractivity contribution in [2.24, 2.45) is 0 Å². The van der Waals surface area contributed by atoms with Crippen LogP contribution in [0, 0.1) is 0 Å². The van der Waals surface area contributed by atoms with Crippen LogP contribution in [0.2, 0.25) is 0 Å². The van der Waals surface area contributed by atoms with E-state index in [-0.39, 0.29) is 11.7 Å². The Hall–Kier alpha value is -2.60. The van der Waals surface area contributed by atoms with E-state index >= 15 is 0 Å². The average Bonchev–Trinajstić information content (AvgIpc) is 2.96. The van der Waals surface area contributed by atoms with Gasteiger partial charge in [-0.1, -0.05) is 30.3 Å². The molecule has 3 rings (SSSR count). The van der Waals surface area contributed by atoms with Crippen LogP contribution in [-0.4, -0.2) is 32.7 Å². The third-order valence-electron chi connectivity index (χ3n) is 3.91. The Labute approximate surface area is 147 Å². The summed E-state index contributed by atoms with van der Waals surface area (Å²) in [4.78, 5) is 14.8. The minimum atomic E-state index is -3.29. The molecule has 1 aliphatic rings. The standard InChI is InChI=1S/C19H19NO4S/c1-2-24-18-11-7-6-10-17(18)19(21)20(15-8-4-3-5-9-15)16-12-13-25(22,23)14-16/h3-13,16H,2,14H2,1H3/t16-/m0/s1. The molecule has 25 heavy (non-hydrogen) atoms. The van der Waals surface area contributed by atoms with Gasteiger partial charge in [0.15, 0.2) is 9.84 Å². The van der Waals surface area contributed by atoms with Gasteiger partial charge in [-0.25, -0.2) is 8.42 Å². The number of carbonyl (C=O) groups is 1. The first kappa shape index (κ1) is 17.2. The number of sulfone groups is 1. The summed E-state index contributed by atoms with van der Waals surface area (Å²) in [5.74, 6) is 0.0764. The summed E-state index contributed by atoms with van der Waals surface area (Å²) in [5, 5.41) is 1.18. The van der Waals surface area contributed by atoms with E-state index in [0.717, 1.165) is 0 Å². The van der Waals surface area contributed by atoms with Crippen molar-refractivity contribution in [1.82, 2.24) is 0 Å². The lowest BCUT2D eigenvalue weighted by Crippen LogP contribution is -2.41. The minimum absolute atomic E-state index is 0.121. The minimum Gasteiger partial charge on any atom is -0.493 e. The number of benzene rings is 2. The Morgan fingerprint density at radius 3 is 2.44 bits per heavy atom. The number of hydrogen-bond donors (Lipinski definition) is 0. The molecule has 6 heteroatoms. The monoisotopic (exact) mass is 357 g/mol. The van der Waals surface area contributed by atoms with Gasteiger partial charge < -0.3 is 9.64 Å². The van der Waals surface area contributed by atoms with Crippen molar-refractivity contribution < 1.29 is 17.9 Å². The Morgan fingerprint density at radius 1 is 1.12 bits per heavy atom. The Kier molecular flexibility index (Phi) is 4.90. The first-order valence-corrected chi connectivity index (χ1v) is 9.75. The molecular weight excluding hydrogens is 338 g/mol. The van der Waals surface area contributed by atoms with Crippen molar-refractivity contribution in [1.29, 1.82) is 0 Å². The van der Waals surface area contributed by atoms with Gasteiger partial charge in [0.25, 0.3) is 5.91 Å². The van der Waals surface area contributed by atoms with Crippen LogP contribution >= 0.6 is 0 Å². The smallest absolute Gasteiger partial charge is 0.262 e. The molecule has 2 aromatic rings. The summed E-state index contributed by atoms with van der Waals surface area (Å²) in [6, 6.07) is 15.5. The number of nitrogens with zero attached hydrogens (tertiary/aromatic N) is 1. The second kappa shape index (κ2) is 7.11. The number of para-hydroxylation sites is 2. The van der Waals surface area contributed by atoms with E-state index in [1.54, 1.807) is 42.5 Å². The molecule has 1 heterocycles. The molecule has 0 radical (unpaired) electrons. The summed E-state index contributed by atoms with van der Waals surface area (Å²) in [7, 11) is -3.29. The first-order valence-electron chi connectivity index (χ1n) is 8.03. The van der Waals surface area contributed by atoms with E-state index in [9.17, 15) is 13.2 Å². The molecule has 0 fully saturated rings. The molecule has 130 valence electrons. The summed E-state index contributed by atoms with van der Waals surface area (Å²) in [6.07, 6.45) is 1.56. The highest BCUT2D eigenvalue weighted by Gasteiger charge is 2.32. The van der Waals surface area contributed by atoms with Crippen molar-refractivity contribution >= 4 is 21.4 Å². The Balaban J connectivity index is 2.04. The molecule has 0 aliphatic carbocycles. The predicted molar refractivity (Wildman–Crippen MR) is 97.6 cm³/mol. The van der Waals surface area contributed by atoms with Gasteiger partial charge in [0.1, 0.15) is 5.75 Å². The third-order valence-corrected chi connectivity index (χ3v) is 5.29. The molecular formula is C19H19NO4S. The molecule has 2 aromatic carbocycles. The lowest BCUT2D eigenvalue weighted by Gasteiger charge is -2.28. The van der Waals surface area contributed by atoms with Gasteiger partial charge in [0.05, 0.1) is 24.0 Å². The van der Waals surface area contributed by atoms with E-state index in [1.165, 1.54) is 10.3 Å². The van der Waals surface area contributed by atoms with Crippen LogP contribution in [0.1, 0.15) is 17.3 Å². The Bertz CT molecular complexity index is 891. The molecule has 0 saturated carbocycles. The average molecular weight is 357 g/mol. The molecule has 0 N–H and O–H groups in total. The fourth-order valence-corrected chi connectivity index (χ4v) is 4.09. The fourth-order valence-electron chi connectivity index (χ4n) is 2.82. The van der Waals surface area contributed by atoms with Crippen molar-refractivity contribution in [3.05, 3.63) is 71.6 Å². The van der Waals surface area contributed by atoms with Gasteiger partial charge in [-0.3, -0.25) is 4.79 Å². The number of amides is 1. The van der Waals surface area contributed by atoms with Crippen LogP contribution in [0.3, 0.4) is 0 Å². The number of carbonyl (C=O) groups excluding carboxylic acids is 1. The topological polar surface area (TPSA) is 63.7 Å². The maximum absolute atomic E-state index is 13.3. The van der Waals surface area contributed by atoms with Crippen LogP contribution in [-0.2, 0) is 9.84 Å². The lowest BCUT2D eigenvalue weighted by molar-refractivity contribution is 0.0979. The van der Waals surface area contributed by atoms with E-state index in [0.29, 0.717) is 23.6 Å². The maximum Gasteiger partial charge on any atom is 0.262 e. The first-order chi connectivity index (χ1) is 12.0. The zero-order valence-corrected chi connectivity index (χ0v) is 14.6. The van der Waals surface area contributed by atoms with E-state index < -0.39 is 15.9 Å². The van der Waals surface area contributed by atoms with Crippen molar-refractivity contribution in [3.63, 3.8) is 0 Å². The van der Waals surface area contributed by atoms with Gasteiger partial charge in [0, 0.05) is 11.1 Å². The molecule has 1 aliphatic heterocycles. The van der Waals surface area contributed by atoms with Crippen LogP contribution < -0.4 is 9.64 Å². The zero-order valence-electron chi connectivity index (χ0n) is 13.8.